The number of rotatable bonds is 4. The van der Waals surface area contributed by atoms with Gasteiger partial charge in [0.05, 0.1) is 23.0 Å². The van der Waals surface area contributed by atoms with Crippen molar-refractivity contribution in [1.29, 1.82) is 0 Å². The Hall–Kier alpha value is -1.78. The third-order valence-electron chi connectivity index (χ3n) is 2.16. The molecule has 0 aliphatic rings. The summed E-state index contributed by atoms with van der Waals surface area (Å²) in [5, 5.41) is 3.06. The summed E-state index contributed by atoms with van der Waals surface area (Å²) in [6.45, 7) is 4.01. The highest BCUT2D eigenvalue weighted by molar-refractivity contribution is 5.80. The second kappa shape index (κ2) is 4.16. The second-order valence-corrected chi connectivity index (χ2v) is 4.11. The van der Waals surface area contributed by atoms with Gasteiger partial charge in [0.1, 0.15) is 0 Å². The maximum absolute atomic E-state index is 11.1. The Kier molecular flexibility index (Phi) is 3.14. The summed E-state index contributed by atoms with van der Waals surface area (Å²) >= 11 is 0. The lowest BCUT2D eigenvalue weighted by molar-refractivity contribution is -0.125. The maximum Gasteiger partial charge on any atom is 0.224 e. The Morgan fingerprint density at radius 1 is 1.53 bits per heavy atom. The van der Waals surface area contributed by atoms with Crippen molar-refractivity contribution < 1.29 is 4.79 Å². The molecule has 1 aromatic heterocycles. The van der Waals surface area contributed by atoms with Crippen molar-refractivity contribution in [1.82, 2.24) is 4.98 Å². The maximum atomic E-state index is 11.1. The molecular weight excluding hydrogens is 192 g/mol. The first-order chi connectivity index (χ1) is 6.92. The van der Waals surface area contributed by atoms with Gasteiger partial charge in [0, 0.05) is 12.7 Å². The van der Waals surface area contributed by atoms with Gasteiger partial charge in [-0.2, -0.15) is 0 Å². The smallest absolute Gasteiger partial charge is 0.224 e. The first kappa shape index (κ1) is 11.3. The lowest BCUT2D eigenvalue weighted by Gasteiger charge is -2.21. The minimum absolute atomic E-state index is 0.341. The fourth-order valence-corrected chi connectivity index (χ4v) is 0.965. The Labute approximate surface area is 88.9 Å². The number of aromatic nitrogens is 1. The second-order valence-electron chi connectivity index (χ2n) is 4.11. The number of pyridine rings is 1. The highest BCUT2D eigenvalue weighted by Gasteiger charge is 2.24. The highest BCUT2D eigenvalue weighted by atomic mass is 16.1. The van der Waals surface area contributed by atoms with Gasteiger partial charge in [0.15, 0.2) is 0 Å². The summed E-state index contributed by atoms with van der Waals surface area (Å²) < 4.78 is 0. The van der Waals surface area contributed by atoms with Crippen LogP contribution in [0.25, 0.3) is 0 Å². The Bertz CT molecular complexity index is 362. The molecule has 0 atom stereocenters. The molecule has 5 N–H and O–H groups in total. The van der Waals surface area contributed by atoms with E-state index >= 15 is 0 Å². The molecule has 0 spiro atoms. The number of nitrogens with two attached hydrogens (primary N) is 2. The van der Waals surface area contributed by atoms with Crippen LogP contribution in [0.3, 0.4) is 0 Å². The van der Waals surface area contributed by atoms with E-state index in [9.17, 15) is 4.79 Å². The van der Waals surface area contributed by atoms with Gasteiger partial charge >= 0.3 is 0 Å². The number of primary amides is 1. The molecule has 0 aliphatic heterocycles. The average Bonchev–Trinajstić information content (AvgIpc) is 2.15. The van der Waals surface area contributed by atoms with Gasteiger partial charge in [-0.1, -0.05) is 0 Å². The molecule has 1 rings (SSSR count). The predicted octanol–water partition coefficient (Wildman–Crippen LogP) is 0.587. The van der Waals surface area contributed by atoms with Gasteiger partial charge in [-0.05, 0) is 19.9 Å². The van der Waals surface area contributed by atoms with E-state index in [2.05, 4.69) is 10.3 Å². The van der Waals surface area contributed by atoms with Gasteiger partial charge < -0.3 is 16.8 Å². The molecule has 1 heterocycles. The fourth-order valence-electron chi connectivity index (χ4n) is 0.965. The molecule has 0 bridgehead atoms. The number of hydrogen-bond donors (Lipinski definition) is 3. The van der Waals surface area contributed by atoms with Crippen LogP contribution < -0.4 is 16.8 Å². The van der Waals surface area contributed by atoms with E-state index in [0.29, 0.717) is 12.2 Å². The summed E-state index contributed by atoms with van der Waals surface area (Å²) in [4.78, 5) is 15.0. The number of anilines is 2. The normalized spacial score (nSPS) is 11.1. The molecule has 0 saturated heterocycles. The van der Waals surface area contributed by atoms with E-state index in [-0.39, 0.29) is 5.91 Å². The van der Waals surface area contributed by atoms with Gasteiger partial charge in [-0.25, -0.2) is 0 Å². The summed E-state index contributed by atoms with van der Waals surface area (Å²) in [7, 11) is 0. The van der Waals surface area contributed by atoms with Crippen molar-refractivity contribution in [2.75, 3.05) is 17.6 Å². The Morgan fingerprint density at radius 2 is 2.20 bits per heavy atom. The van der Waals surface area contributed by atoms with Crippen molar-refractivity contribution in [3.05, 3.63) is 18.5 Å². The van der Waals surface area contributed by atoms with Crippen LogP contribution in [0.1, 0.15) is 13.8 Å². The molecule has 15 heavy (non-hydrogen) atoms. The molecule has 1 aromatic rings. The van der Waals surface area contributed by atoms with Crippen LogP contribution in [0, 0.1) is 5.41 Å². The Morgan fingerprint density at radius 3 is 2.73 bits per heavy atom. The number of carbonyl (C=O) groups excluding carboxylic acids is 1. The third-order valence-corrected chi connectivity index (χ3v) is 2.16. The quantitative estimate of drug-likeness (QED) is 0.675. The molecule has 0 fully saturated rings. The van der Waals surface area contributed by atoms with Crippen LogP contribution >= 0.6 is 0 Å². The van der Waals surface area contributed by atoms with Crippen LogP contribution in [0.5, 0.6) is 0 Å². The van der Waals surface area contributed by atoms with E-state index in [1.165, 1.54) is 0 Å². The average molecular weight is 208 g/mol. The van der Waals surface area contributed by atoms with Crippen molar-refractivity contribution in [2.45, 2.75) is 13.8 Å². The summed E-state index contributed by atoms with van der Waals surface area (Å²) in [6, 6.07) is 1.75. The van der Waals surface area contributed by atoms with Crippen LogP contribution in [0.4, 0.5) is 11.4 Å². The molecule has 0 unspecified atom stereocenters. The van der Waals surface area contributed by atoms with Gasteiger partial charge in [-0.3, -0.25) is 9.78 Å². The van der Waals surface area contributed by atoms with Crippen molar-refractivity contribution in [3.8, 4) is 0 Å². The van der Waals surface area contributed by atoms with E-state index in [1.54, 1.807) is 32.3 Å². The summed E-state index contributed by atoms with van der Waals surface area (Å²) in [5.74, 6) is -0.341. The lowest BCUT2D eigenvalue weighted by atomic mass is 9.93. The van der Waals surface area contributed by atoms with E-state index in [4.69, 9.17) is 11.5 Å². The van der Waals surface area contributed by atoms with Crippen LogP contribution in [0.2, 0.25) is 0 Å². The van der Waals surface area contributed by atoms with Gasteiger partial charge in [-0.15, -0.1) is 0 Å². The number of hydrogen-bond acceptors (Lipinski definition) is 4. The van der Waals surface area contributed by atoms with Crippen LogP contribution in [0.15, 0.2) is 18.5 Å². The molecule has 5 heteroatoms. The zero-order chi connectivity index (χ0) is 11.5. The third kappa shape index (κ3) is 3.12. The van der Waals surface area contributed by atoms with E-state index in [0.717, 1.165) is 5.69 Å². The van der Waals surface area contributed by atoms with E-state index in [1.807, 2.05) is 0 Å². The van der Waals surface area contributed by atoms with Crippen molar-refractivity contribution in [3.63, 3.8) is 0 Å². The molecule has 0 radical (unpaired) electrons. The minimum Gasteiger partial charge on any atom is -0.397 e. The zero-order valence-corrected chi connectivity index (χ0v) is 8.95. The summed E-state index contributed by atoms with van der Waals surface area (Å²) in [6.07, 6.45) is 3.21. The monoisotopic (exact) mass is 208 g/mol. The first-order valence-corrected chi connectivity index (χ1v) is 4.66. The molecule has 0 aromatic carbocycles. The Balaban J connectivity index is 2.61. The SMILES string of the molecule is CC(C)(CNc1cncc(N)c1)C(N)=O. The number of carbonyl (C=O) groups is 1. The fraction of sp³-hybridized carbons (Fsp3) is 0.400. The zero-order valence-electron chi connectivity index (χ0n) is 8.95. The predicted molar refractivity (Wildman–Crippen MR) is 60.1 cm³/mol. The number of nitrogens with zero attached hydrogens (tertiary/aromatic N) is 1. The molecule has 0 aliphatic carbocycles. The molecule has 1 amide bonds. The highest BCUT2D eigenvalue weighted by Crippen LogP contribution is 2.16. The number of nitrogens with one attached hydrogen (secondary N) is 1. The number of amides is 1. The van der Waals surface area contributed by atoms with Gasteiger partial charge in [0.25, 0.3) is 0 Å². The lowest BCUT2D eigenvalue weighted by Crippen LogP contribution is -2.37. The van der Waals surface area contributed by atoms with Gasteiger partial charge in [0.2, 0.25) is 5.91 Å². The topological polar surface area (TPSA) is 94.0 Å². The number of nitrogen functional groups attached to an aromatic ring is 1. The van der Waals surface area contributed by atoms with E-state index < -0.39 is 5.41 Å². The van der Waals surface area contributed by atoms with Crippen LogP contribution in [-0.4, -0.2) is 17.4 Å². The van der Waals surface area contributed by atoms with Crippen molar-refractivity contribution >= 4 is 17.3 Å². The molecular formula is C10H16N4O. The minimum atomic E-state index is -0.593. The molecule has 5 nitrogen and oxygen atoms in total. The first-order valence-electron chi connectivity index (χ1n) is 4.66. The van der Waals surface area contributed by atoms with Crippen molar-refractivity contribution in [2.24, 2.45) is 11.1 Å². The molecule has 82 valence electrons. The summed E-state index contributed by atoms with van der Waals surface area (Å²) in [5.41, 5.74) is 11.6. The molecule has 0 saturated carbocycles. The largest absolute Gasteiger partial charge is 0.397 e. The standard InChI is InChI=1S/C10H16N4O/c1-10(2,9(12)15)6-14-8-3-7(11)4-13-5-8/h3-5,14H,6,11H2,1-2H3,(H2,12,15). The van der Waals surface area contributed by atoms with Crippen LogP contribution in [-0.2, 0) is 4.79 Å².